The maximum Gasteiger partial charge on any atom is 0.135 e. The fourth-order valence-corrected chi connectivity index (χ4v) is 2.86. The predicted octanol–water partition coefficient (Wildman–Crippen LogP) is 4.57. The fourth-order valence-electron chi connectivity index (χ4n) is 2.86. The smallest absolute Gasteiger partial charge is 0.135 e. The normalized spacial score (nSPS) is 12.8. The van der Waals surface area contributed by atoms with Crippen LogP contribution in [0.25, 0.3) is 33.3 Å². The van der Waals surface area contributed by atoms with E-state index in [0.29, 0.717) is 0 Å². The van der Waals surface area contributed by atoms with Crippen LogP contribution in [0.2, 0.25) is 0 Å². The molecule has 0 aliphatic heterocycles. The van der Waals surface area contributed by atoms with Crippen LogP contribution in [0.3, 0.4) is 0 Å². The Kier molecular flexibility index (Phi) is 2.12. The summed E-state index contributed by atoms with van der Waals surface area (Å²) in [5, 5.41) is 1.20. The minimum Gasteiger partial charge on any atom is -0.232 e. The standard InChI is InChI=1S/C18H16N2/c1-18(2,3)17-19-14-10-6-9-12-11-7-4-5-8-13(11)16(20-17)15(12)14/h4-10H,1-3H3. The number of rotatable bonds is 0. The largest absolute Gasteiger partial charge is 0.232 e. The average molecular weight is 260 g/mol. The van der Waals surface area contributed by atoms with E-state index in [2.05, 4.69) is 63.2 Å². The van der Waals surface area contributed by atoms with Gasteiger partial charge in [0.15, 0.2) is 0 Å². The fraction of sp³-hybridized carbons (Fsp3) is 0.222. The van der Waals surface area contributed by atoms with E-state index in [9.17, 15) is 0 Å². The Hall–Kier alpha value is -2.22. The Morgan fingerprint density at radius 1 is 0.750 bits per heavy atom. The Balaban J connectivity index is 2.17. The van der Waals surface area contributed by atoms with Crippen LogP contribution in [0.5, 0.6) is 0 Å². The molecule has 3 aromatic rings. The molecule has 0 amide bonds. The highest BCUT2D eigenvalue weighted by atomic mass is 14.9. The first-order valence-electron chi connectivity index (χ1n) is 6.97. The molecule has 0 N–H and O–H groups in total. The van der Waals surface area contributed by atoms with Crippen LogP contribution in [0.1, 0.15) is 26.6 Å². The van der Waals surface area contributed by atoms with E-state index in [1.54, 1.807) is 0 Å². The zero-order chi connectivity index (χ0) is 13.9. The third-order valence-electron chi connectivity index (χ3n) is 3.87. The molecule has 0 unspecified atom stereocenters. The Labute approximate surface area is 118 Å². The van der Waals surface area contributed by atoms with Crippen molar-refractivity contribution in [2.45, 2.75) is 26.2 Å². The molecule has 1 aromatic heterocycles. The molecular weight excluding hydrogens is 244 g/mol. The van der Waals surface area contributed by atoms with Gasteiger partial charge in [-0.1, -0.05) is 57.2 Å². The van der Waals surface area contributed by atoms with Crippen LogP contribution in [0, 0.1) is 0 Å². The van der Waals surface area contributed by atoms with Crippen LogP contribution in [-0.2, 0) is 5.41 Å². The molecule has 0 saturated heterocycles. The first-order chi connectivity index (χ1) is 9.55. The van der Waals surface area contributed by atoms with E-state index in [-0.39, 0.29) is 5.41 Å². The van der Waals surface area contributed by atoms with E-state index in [4.69, 9.17) is 9.97 Å². The van der Waals surface area contributed by atoms with Crippen molar-refractivity contribution in [3.63, 3.8) is 0 Å². The summed E-state index contributed by atoms with van der Waals surface area (Å²) in [6.07, 6.45) is 0. The van der Waals surface area contributed by atoms with Gasteiger partial charge in [-0.25, -0.2) is 9.97 Å². The van der Waals surface area contributed by atoms with Crippen molar-refractivity contribution in [1.82, 2.24) is 9.97 Å². The summed E-state index contributed by atoms with van der Waals surface area (Å²) >= 11 is 0. The van der Waals surface area contributed by atoms with Crippen LogP contribution in [0.15, 0.2) is 42.5 Å². The van der Waals surface area contributed by atoms with Gasteiger partial charge in [-0.15, -0.1) is 0 Å². The minimum atomic E-state index is -0.0434. The number of hydrogen-bond acceptors (Lipinski definition) is 2. The molecule has 0 spiro atoms. The highest BCUT2D eigenvalue weighted by Gasteiger charge is 2.26. The van der Waals surface area contributed by atoms with Crippen molar-refractivity contribution in [2.75, 3.05) is 0 Å². The van der Waals surface area contributed by atoms with Crippen LogP contribution < -0.4 is 0 Å². The maximum atomic E-state index is 4.87. The van der Waals surface area contributed by atoms with Crippen LogP contribution in [0.4, 0.5) is 0 Å². The first-order valence-corrected chi connectivity index (χ1v) is 6.97. The van der Waals surface area contributed by atoms with Gasteiger partial charge in [0.2, 0.25) is 0 Å². The van der Waals surface area contributed by atoms with E-state index in [1.165, 1.54) is 22.1 Å². The highest BCUT2D eigenvalue weighted by molar-refractivity contribution is 6.12. The molecule has 1 heterocycles. The summed E-state index contributed by atoms with van der Waals surface area (Å²) in [7, 11) is 0. The maximum absolute atomic E-state index is 4.87. The third kappa shape index (κ3) is 1.45. The minimum absolute atomic E-state index is 0.0434. The first kappa shape index (κ1) is 11.6. The van der Waals surface area contributed by atoms with Gasteiger partial charge in [-0.05, 0) is 17.2 Å². The third-order valence-corrected chi connectivity index (χ3v) is 3.87. The molecule has 0 atom stereocenters. The quantitative estimate of drug-likeness (QED) is 0.462. The number of hydrogen-bond donors (Lipinski definition) is 0. The van der Waals surface area contributed by atoms with Gasteiger partial charge in [0.25, 0.3) is 0 Å². The molecule has 20 heavy (non-hydrogen) atoms. The zero-order valence-corrected chi connectivity index (χ0v) is 11.9. The summed E-state index contributed by atoms with van der Waals surface area (Å²) < 4.78 is 0. The molecule has 2 nitrogen and oxygen atoms in total. The lowest BCUT2D eigenvalue weighted by Crippen LogP contribution is -2.16. The molecule has 0 saturated carbocycles. The van der Waals surface area contributed by atoms with E-state index < -0.39 is 0 Å². The number of benzene rings is 2. The average Bonchev–Trinajstić information content (AvgIpc) is 2.75. The highest BCUT2D eigenvalue weighted by Crippen LogP contribution is 2.45. The summed E-state index contributed by atoms with van der Waals surface area (Å²) in [5.41, 5.74) is 5.85. The van der Waals surface area contributed by atoms with Gasteiger partial charge in [-0.3, -0.25) is 0 Å². The van der Waals surface area contributed by atoms with Gasteiger partial charge >= 0.3 is 0 Å². The van der Waals surface area contributed by atoms with Crippen molar-refractivity contribution >= 4 is 10.9 Å². The van der Waals surface area contributed by atoms with Gasteiger partial charge < -0.3 is 0 Å². The van der Waals surface area contributed by atoms with E-state index >= 15 is 0 Å². The van der Waals surface area contributed by atoms with Gasteiger partial charge in [-0.2, -0.15) is 0 Å². The summed E-state index contributed by atoms with van der Waals surface area (Å²) in [6.45, 7) is 6.47. The van der Waals surface area contributed by atoms with Gasteiger partial charge in [0.1, 0.15) is 5.82 Å². The topological polar surface area (TPSA) is 25.8 Å². The second kappa shape index (κ2) is 3.66. The molecule has 0 radical (unpaired) electrons. The molecule has 0 bridgehead atoms. The molecule has 1 aliphatic carbocycles. The van der Waals surface area contributed by atoms with Crippen molar-refractivity contribution < 1.29 is 0 Å². The van der Waals surface area contributed by atoms with Crippen LogP contribution in [-0.4, -0.2) is 9.97 Å². The molecule has 1 aliphatic rings. The summed E-state index contributed by atoms with van der Waals surface area (Å²) in [4.78, 5) is 9.65. The predicted molar refractivity (Wildman–Crippen MR) is 82.7 cm³/mol. The van der Waals surface area contributed by atoms with Gasteiger partial charge in [0, 0.05) is 16.4 Å². The van der Waals surface area contributed by atoms with Crippen molar-refractivity contribution in [1.29, 1.82) is 0 Å². The lowest BCUT2D eigenvalue weighted by atomic mass is 9.95. The van der Waals surface area contributed by atoms with Crippen molar-refractivity contribution in [2.24, 2.45) is 0 Å². The second-order valence-corrected chi connectivity index (χ2v) is 6.39. The lowest BCUT2D eigenvalue weighted by Gasteiger charge is -2.17. The van der Waals surface area contributed by atoms with Crippen LogP contribution >= 0.6 is 0 Å². The lowest BCUT2D eigenvalue weighted by molar-refractivity contribution is 0.549. The summed E-state index contributed by atoms with van der Waals surface area (Å²) in [6, 6.07) is 14.8. The molecular formula is C18H16N2. The second-order valence-electron chi connectivity index (χ2n) is 6.39. The number of fused-ring (bicyclic) bond motifs is 3. The summed E-state index contributed by atoms with van der Waals surface area (Å²) in [5.74, 6) is 0.911. The number of nitrogens with zero attached hydrogens (tertiary/aromatic N) is 2. The van der Waals surface area contributed by atoms with Crippen molar-refractivity contribution in [3.8, 4) is 22.4 Å². The zero-order valence-electron chi connectivity index (χ0n) is 11.9. The Bertz CT molecular complexity index is 842. The SMILES string of the molecule is CC(C)(C)c1nc2c3c(cccc3n1)-c1ccccc1-2. The number of aromatic nitrogens is 2. The monoisotopic (exact) mass is 260 g/mol. The van der Waals surface area contributed by atoms with Crippen molar-refractivity contribution in [3.05, 3.63) is 48.3 Å². The molecule has 2 heteroatoms. The molecule has 0 fully saturated rings. The van der Waals surface area contributed by atoms with E-state index in [0.717, 1.165) is 17.0 Å². The molecule has 4 rings (SSSR count). The van der Waals surface area contributed by atoms with Gasteiger partial charge in [0.05, 0.1) is 11.2 Å². The molecule has 2 aromatic carbocycles. The van der Waals surface area contributed by atoms with E-state index in [1.807, 2.05) is 0 Å². The Morgan fingerprint density at radius 2 is 1.45 bits per heavy atom. The Morgan fingerprint density at radius 3 is 2.20 bits per heavy atom. The molecule has 98 valence electrons.